The van der Waals surface area contributed by atoms with Crippen LogP contribution in [-0.4, -0.2) is 23.7 Å². The molecule has 0 bridgehead atoms. The summed E-state index contributed by atoms with van der Waals surface area (Å²) in [7, 11) is 0. The molecule has 2 rings (SSSR count). The molecule has 3 N–H and O–H groups in total. The first-order valence-electron chi connectivity index (χ1n) is 7.91. The molecule has 0 aliphatic carbocycles. The molecule has 0 aliphatic heterocycles. The molecule has 26 heavy (non-hydrogen) atoms. The Hall–Kier alpha value is -1.78. The molecule has 0 fully saturated rings. The Bertz CT molecular complexity index is 800. The molecule has 0 saturated heterocycles. The Labute approximate surface area is 163 Å². The summed E-state index contributed by atoms with van der Waals surface area (Å²) in [5.74, 6) is -2.94. The minimum Gasteiger partial charge on any atom is -0.393 e. The lowest BCUT2D eigenvalue weighted by molar-refractivity contribution is 0.0187. The quantitative estimate of drug-likeness (QED) is 0.321. The molecular weight excluding hydrogens is 457 g/mol. The normalized spacial score (nSPS) is 11.9. The van der Waals surface area contributed by atoms with E-state index >= 15 is 0 Å². The van der Waals surface area contributed by atoms with Gasteiger partial charge < -0.3 is 10.4 Å². The smallest absolute Gasteiger partial charge is 0.277 e. The van der Waals surface area contributed by atoms with Crippen LogP contribution in [0.1, 0.15) is 29.3 Å². The minimum absolute atomic E-state index is 0.0894. The number of rotatable bonds is 7. The fourth-order valence-electron chi connectivity index (χ4n) is 2.17. The van der Waals surface area contributed by atoms with Crippen LogP contribution in [0.25, 0.3) is 0 Å². The Morgan fingerprint density at radius 2 is 2.04 bits per heavy atom. The van der Waals surface area contributed by atoms with E-state index < -0.39 is 23.6 Å². The number of carbonyl (C=O) groups excluding carboxylic acids is 1. The van der Waals surface area contributed by atoms with Crippen molar-refractivity contribution in [2.45, 2.75) is 26.4 Å². The second kappa shape index (κ2) is 9.24. The Balaban J connectivity index is 2.24. The lowest BCUT2D eigenvalue weighted by Gasteiger charge is -2.15. The largest absolute Gasteiger partial charge is 0.393 e. The molecule has 1 amide bonds. The topological polar surface area (TPSA) is 70.6 Å². The zero-order valence-corrected chi connectivity index (χ0v) is 16.4. The number of halogens is 3. The molecule has 2 aromatic carbocycles. The van der Waals surface area contributed by atoms with E-state index in [-0.39, 0.29) is 17.9 Å². The number of benzene rings is 2. The second-order valence-corrected chi connectivity index (χ2v) is 7.03. The van der Waals surface area contributed by atoms with Crippen molar-refractivity contribution in [3.8, 4) is 0 Å². The van der Waals surface area contributed by atoms with Crippen LogP contribution in [0.3, 0.4) is 0 Å². The van der Waals surface area contributed by atoms with E-state index in [4.69, 9.17) is 9.94 Å². The van der Waals surface area contributed by atoms with Crippen LogP contribution in [0.4, 0.5) is 20.2 Å². The average molecular weight is 476 g/mol. The van der Waals surface area contributed by atoms with E-state index in [9.17, 15) is 13.6 Å². The number of hydrogen-bond donors (Lipinski definition) is 3. The Morgan fingerprint density at radius 1 is 1.31 bits per heavy atom. The summed E-state index contributed by atoms with van der Waals surface area (Å²) < 4.78 is 29.0. The van der Waals surface area contributed by atoms with Gasteiger partial charge in [-0.1, -0.05) is 0 Å². The molecular formula is C18H19F2IN2O3. The molecule has 2 aromatic rings. The first kappa shape index (κ1) is 20.5. The van der Waals surface area contributed by atoms with Crippen LogP contribution in [-0.2, 0) is 4.84 Å². The third-order valence-corrected chi connectivity index (χ3v) is 4.26. The number of carbonyl (C=O) groups is 1. The summed E-state index contributed by atoms with van der Waals surface area (Å²) >= 11 is 2.15. The van der Waals surface area contributed by atoms with Gasteiger partial charge in [0.05, 0.1) is 24.0 Å². The zero-order chi connectivity index (χ0) is 19.3. The van der Waals surface area contributed by atoms with Gasteiger partial charge in [0.25, 0.3) is 5.91 Å². The fraction of sp³-hybridized carbons (Fsp3) is 0.278. The lowest BCUT2D eigenvalue weighted by Crippen LogP contribution is -2.26. The SMILES string of the molecule is Cc1cc(I)ccc1Nc1c(C(=O)NOCCC(C)O)ccc(F)c1F. The first-order chi connectivity index (χ1) is 12.3. The number of aliphatic hydroxyl groups is 1. The molecule has 5 nitrogen and oxygen atoms in total. The van der Waals surface area contributed by atoms with Gasteiger partial charge in [-0.05, 0) is 78.8 Å². The highest BCUT2D eigenvalue weighted by Crippen LogP contribution is 2.28. The fourth-order valence-corrected chi connectivity index (χ4v) is 2.81. The summed E-state index contributed by atoms with van der Waals surface area (Å²) in [6.45, 7) is 3.50. The number of hydroxylamine groups is 1. The third kappa shape index (κ3) is 5.36. The number of anilines is 2. The monoisotopic (exact) mass is 476 g/mol. The van der Waals surface area contributed by atoms with Crippen LogP contribution in [0, 0.1) is 22.1 Å². The van der Waals surface area contributed by atoms with E-state index in [1.807, 2.05) is 19.1 Å². The van der Waals surface area contributed by atoms with E-state index in [0.717, 1.165) is 15.2 Å². The van der Waals surface area contributed by atoms with Gasteiger partial charge in [0.2, 0.25) is 0 Å². The van der Waals surface area contributed by atoms with Gasteiger partial charge in [0.1, 0.15) is 0 Å². The van der Waals surface area contributed by atoms with Crippen LogP contribution < -0.4 is 10.8 Å². The Kier molecular flexibility index (Phi) is 7.30. The number of hydrogen-bond acceptors (Lipinski definition) is 4. The van der Waals surface area contributed by atoms with Crippen molar-refractivity contribution in [3.63, 3.8) is 0 Å². The molecule has 0 radical (unpaired) electrons. The number of nitrogens with one attached hydrogen (secondary N) is 2. The van der Waals surface area contributed by atoms with Crippen LogP contribution >= 0.6 is 22.6 Å². The maximum atomic E-state index is 14.3. The summed E-state index contributed by atoms with van der Waals surface area (Å²) in [5, 5.41) is 12.0. The Morgan fingerprint density at radius 3 is 2.69 bits per heavy atom. The van der Waals surface area contributed by atoms with Gasteiger partial charge in [-0.25, -0.2) is 14.3 Å². The van der Waals surface area contributed by atoms with Crippen molar-refractivity contribution in [2.24, 2.45) is 0 Å². The number of amides is 1. The summed E-state index contributed by atoms with van der Waals surface area (Å²) in [5.41, 5.74) is 3.17. The second-order valence-electron chi connectivity index (χ2n) is 5.79. The van der Waals surface area contributed by atoms with Gasteiger partial charge in [-0.3, -0.25) is 9.63 Å². The summed E-state index contributed by atoms with van der Waals surface area (Å²) in [6.07, 6.45) is -0.249. The maximum Gasteiger partial charge on any atom is 0.277 e. The van der Waals surface area contributed by atoms with Gasteiger partial charge in [0, 0.05) is 9.26 Å². The molecule has 0 saturated carbocycles. The van der Waals surface area contributed by atoms with Crippen molar-refractivity contribution >= 4 is 39.9 Å². The summed E-state index contributed by atoms with van der Waals surface area (Å²) in [4.78, 5) is 17.2. The molecule has 1 unspecified atom stereocenters. The standard InChI is InChI=1S/C18H19F2IN2O3/c1-10-9-12(21)3-6-15(10)22-17-13(4-5-14(19)16(17)20)18(25)23-26-8-7-11(2)24/h3-6,9,11,22,24H,7-8H2,1-2H3,(H,23,25). The van der Waals surface area contributed by atoms with Gasteiger partial charge in [-0.15, -0.1) is 0 Å². The van der Waals surface area contributed by atoms with Crippen molar-refractivity contribution in [2.75, 3.05) is 11.9 Å². The molecule has 0 aromatic heterocycles. The minimum atomic E-state index is -1.15. The molecule has 0 heterocycles. The average Bonchev–Trinajstić information content (AvgIpc) is 2.57. The van der Waals surface area contributed by atoms with Crippen LogP contribution in [0.2, 0.25) is 0 Å². The highest BCUT2D eigenvalue weighted by molar-refractivity contribution is 14.1. The molecule has 8 heteroatoms. The molecule has 140 valence electrons. The van der Waals surface area contributed by atoms with Crippen molar-refractivity contribution in [3.05, 3.63) is 56.7 Å². The van der Waals surface area contributed by atoms with Gasteiger partial charge in [0.15, 0.2) is 11.6 Å². The zero-order valence-electron chi connectivity index (χ0n) is 14.3. The highest BCUT2D eigenvalue weighted by atomic mass is 127. The lowest BCUT2D eigenvalue weighted by atomic mass is 10.1. The third-order valence-electron chi connectivity index (χ3n) is 3.59. The molecule has 1 atom stereocenters. The number of aryl methyl sites for hydroxylation is 1. The number of aliphatic hydroxyl groups excluding tert-OH is 1. The highest BCUT2D eigenvalue weighted by Gasteiger charge is 2.20. The predicted molar refractivity (Wildman–Crippen MR) is 103 cm³/mol. The van der Waals surface area contributed by atoms with Crippen LogP contribution in [0.15, 0.2) is 30.3 Å². The first-order valence-corrected chi connectivity index (χ1v) is 8.99. The van der Waals surface area contributed by atoms with Crippen molar-refractivity contribution in [1.82, 2.24) is 5.48 Å². The van der Waals surface area contributed by atoms with Crippen LogP contribution in [0.5, 0.6) is 0 Å². The van der Waals surface area contributed by atoms with Gasteiger partial charge in [-0.2, -0.15) is 0 Å². The van der Waals surface area contributed by atoms with E-state index in [1.54, 1.807) is 13.0 Å². The maximum absolute atomic E-state index is 14.3. The predicted octanol–water partition coefficient (Wildman–Crippen LogP) is 4.05. The van der Waals surface area contributed by atoms with E-state index in [2.05, 4.69) is 33.4 Å². The van der Waals surface area contributed by atoms with Gasteiger partial charge >= 0.3 is 0 Å². The van der Waals surface area contributed by atoms with E-state index in [1.165, 1.54) is 6.07 Å². The molecule has 0 spiro atoms. The van der Waals surface area contributed by atoms with Crippen molar-refractivity contribution < 1.29 is 23.5 Å². The summed E-state index contributed by atoms with van der Waals surface area (Å²) in [6, 6.07) is 7.47. The van der Waals surface area contributed by atoms with Crippen molar-refractivity contribution in [1.29, 1.82) is 0 Å². The molecule has 0 aliphatic rings. The van der Waals surface area contributed by atoms with E-state index in [0.29, 0.717) is 12.1 Å².